The van der Waals surface area contributed by atoms with Gasteiger partial charge in [0.25, 0.3) is 0 Å². The van der Waals surface area contributed by atoms with Crippen LogP contribution in [0.25, 0.3) is 0 Å². The normalized spacial score (nSPS) is 24.8. The van der Waals surface area contributed by atoms with Crippen molar-refractivity contribution < 1.29 is 64.6 Å². The van der Waals surface area contributed by atoms with E-state index in [2.05, 4.69) is 55.6 Å². The van der Waals surface area contributed by atoms with Crippen molar-refractivity contribution in [2.75, 3.05) is 19.8 Å². The number of allylic oxidation sites excluding steroid dienone is 7. The Balaban J connectivity index is 1.72. The molecule has 9 N–H and O–H groups in total. The van der Waals surface area contributed by atoms with E-state index >= 15 is 0 Å². The van der Waals surface area contributed by atoms with Gasteiger partial charge in [-0.05, 0) is 70.6 Å². The molecular formula is C64H117NO13. The number of amides is 1. The summed E-state index contributed by atoms with van der Waals surface area (Å²) in [5.74, 6) is -0.262. The van der Waals surface area contributed by atoms with E-state index in [4.69, 9.17) is 18.9 Å². The summed E-state index contributed by atoms with van der Waals surface area (Å²) in [5, 5.41) is 87.1. The minimum atomic E-state index is -1.79. The maximum atomic E-state index is 13.2. The summed E-state index contributed by atoms with van der Waals surface area (Å²) in [6.45, 7) is 2.77. The third-order valence-electron chi connectivity index (χ3n) is 15.5. The third-order valence-corrected chi connectivity index (χ3v) is 15.5. The number of aliphatic hydroxyl groups is 8. The van der Waals surface area contributed by atoms with Gasteiger partial charge in [-0.15, -0.1) is 0 Å². The molecule has 2 saturated heterocycles. The molecular weight excluding hydrogens is 991 g/mol. The number of ether oxygens (including phenoxy) is 4. The van der Waals surface area contributed by atoms with E-state index in [1.165, 1.54) is 161 Å². The average Bonchev–Trinajstić information content (AvgIpc) is 3.48. The second-order valence-corrected chi connectivity index (χ2v) is 22.5. The maximum Gasteiger partial charge on any atom is 0.220 e. The Morgan fingerprint density at radius 1 is 0.449 bits per heavy atom. The molecule has 0 aliphatic carbocycles. The number of hydrogen-bond acceptors (Lipinski definition) is 13. The van der Waals surface area contributed by atoms with Crippen LogP contribution in [0, 0.1) is 0 Å². The van der Waals surface area contributed by atoms with E-state index in [0.717, 1.165) is 64.2 Å². The lowest BCUT2D eigenvalue weighted by molar-refractivity contribution is -0.359. The SMILES string of the molecule is CCCCCCC/C=C\CCCCCCCC(=O)NC(COC1OC(CO)C(OC2OC(CO)C(O)C(O)C2O)C(O)C1O)C(O)/C=C/CC/C=C/CC/C=C/CCCCCCCCCCCCCCCCCCCCCC. The largest absolute Gasteiger partial charge is 0.394 e. The van der Waals surface area contributed by atoms with Crippen molar-refractivity contribution in [3.05, 3.63) is 48.6 Å². The van der Waals surface area contributed by atoms with E-state index in [-0.39, 0.29) is 18.9 Å². The summed E-state index contributed by atoms with van der Waals surface area (Å²) >= 11 is 0. The highest BCUT2D eigenvalue weighted by Gasteiger charge is 2.51. The van der Waals surface area contributed by atoms with Crippen LogP contribution < -0.4 is 5.32 Å². The van der Waals surface area contributed by atoms with Crippen molar-refractivity contribution in [1.29, 1.82) is 0 Å². The number of carbonyl (C=O) groups is 1. The van der Waals surface area contributed by atoms with Crippen LogP contribution in [-0.2, 0) is 23.7 Å². The molecule has 2 rings (SSSR count). The van der Waals surface area contributed by atoms with Gasteiger partial charge in [0.2, 0.25) is 5.91 Å². The van der Waals surface area contributed by atoms with Gasteiger partial charge in [-0.3, -0.25) is 4.79 Å². The molecule has 2 fully saturated rings. The second kappa shape index (κ2) is 49.5. The second-order valence-electron chi connectivity index (χ2n) is 22.5. The van der Waals surface area contributed by atoms with Gasteiger partial charge in [0.05, 0.1) is 32.0 Å². The van der Waals surface area contributed by atoms with E-state index < -0.39 is 86.8 Å². The lowest BCUT2D eigenvalue weighted by Gasteiger charge is -2.46. The molecule has 12 unspecified atom stereocenters. The monoisotopic (exact) mass is 1110 g/mol. The molecule has 0 spiro atoms. The van der Waals surface area contributed by atoms with Crippen LogP contribution in [0.5, 0.6) is 0 Å². The van der Waals surface area contributed by atoms with Crippen molar-refractivity contribution in [2.24, 2.45) is 0 Å². The molecule has 2 heterocycles. The first-order chi connectivity index (χ1) is 38.1. The van der Waals surface area contributed by atoms with E-state index in [0.29, 0.717) is 12.8 Å². The van der Waals surface area contributed by atoms with E-state index in [1.807, 2.05) is 6.08 Å². The topological polar surface area (TPSA) is 228 Å². The standard InChI is InChI=1S/C64H117NO13/c1-3-5-7-9-11-13-15-17-19-20-21-22-23-24-25-26-27-28-29-30-31-32-33-34-35-37-39-41-43-45-47-53(68)52(65-56(69)48-46-44-42-40-38-36-18-16-14-12-10-8-6-4-2)51-75-63-61(74)59(72)62(55(50-67)77-63)78-64-60(73)58(71)57(70)54(49-66)76-64/h16,18,32-33,37,39,45,47,52-55,57-64,66-68,70-74H,3-15,17,19-31,34-36,38,40-44,46,48-51H2,1-2H3,(H,65,69)/b18-16-,33-32+,39-37+,47-45+. The summed E-state index contributed by atoms with van der Waals surface area (Å²) in [5.41, 5.74) is 0. The summed E-state index contributed by atoms with van der Waals surface area (Å²) < 4.78 is 22.7. The Kier molecular flexibility index (Phi) is 45.8. The van der Waals surface area contributed by atoms with Crippen molar-refractivity contribution in [3.63, 3.8) is 0 Å². The highest BCUT2D eigenvalue weighted by atomic mass is 16.7. The van der Waals surface area contributed by atoms with Crippen LogP contribution in [-0.4, -0.2) is 140 Å². The van der Waals surface area contributed by atoms with Crippen LogP contribution in [0.1, 0.15) is 258 Å². The summed E-state index contributed by atoms with van der Waals surface area (Å²) in [7, 11) is 0. The van der Waals surface area contributed by atoms with Crippen LogP contribution in [0.4, 0.5) is 0 Å². The molecule has 0 aromatic rings. The molecule has 14 heteroatoms. The predicted octanol–water partition coefficient (Wildman–Crippen LogP) is 11.6. The molecule has 1 amide bonds. The van der Waals surface area contributed by atoms with Crippen molar-refractivity contribution >= 4 is 5.91 Å². The van der Waals surface area contributed by atoms with Crippen molar-refractivity contribution in [1.82, 2.24) is 5.32 Å². The van der Waals surface area contributed by atoms with Crippen LogP contribution >= 0.6 is 0 Å². The fourth-order valence-corrected chi connectivity index (χ4v) is 10.3. The number of aliphatic hydroxyl groups excluding tert-OH is 8. The zero-order valence-electron chi connectivity index (χ0n) is 49.2. The molecule has 0 aromatic heterocycles. The minimum absolute atomic E-state index is 0.259. The Labute approximate surface area is 473 Å². The first kappa shape index (κ1) is 72.1. The Hall–Kier alpha value is -2.05. The van der Waals surface area contributed by atoms with Gasteiger partial charge in [-0.2, -0.15) is 0 Å². The lowest BCUT2D eigenvalue weighted by atomic mass is 9.97. The zero-order valence-corrected chi connectivity index (χ0v) is 49.2. The zero-order chi connectivity index (χ0) is 56.7. The number of carbonyl (C=O) groups excluding carboxylic acids is 1. The van der Waals surface area contributed by atoms with Crippen LogP contribution in [0.15, 0.2) is 48.6 Å². The van der Waals surface area contributed by atoms with Gasteiger partial charge in [0.15, 0.2) is 12.6 Å². The van der Waals surface area contributed by atoms with Gasteiger partial charge >= 0.3 is 0 Å². The van der Waals surface area contributed by atoms with Crippen LogP contribution in [0.3, 0.4) is 0 Å². The highest BCUT2D eigenvalue weighted by molar-refractivity contribution is 5.76. The molecule has 0 aromatic carbocycles. The molecule has 0 bridgehead atoms. The maximum absolute atomic E-state index is 13.2. The quantitative estimate of drug-likeness (QED) is 0.0204. The number of nitrogens with one attached hydrogen (secondary N) is 1. The Bertz CT molecular complexity index is 1490. The first-order valence-corrected chi connectivity index (χ1v) is 31.9. The molecule has 0 radical (unpaired) electrons. The van der Waals surface area contributed by atoms with Gasteiger partial charge in [0, 0.05) is 6.42 Å². The number of hydrogen-bond donors (Lipinski definition) is 9. The summed E-state index contributed by atoms with van der Waals surface area (Å²) in [4.78, 5) is 13.2. The summed E-state index contributed by atoms with van der Waals surface area (Å²) in [6.07, 6.45) is 46.1. The molecule has 2 aliphatic heterocycles. The van der Waals surface area contributed by atoms with E-state index in [1.54, 1.807) is 6.08 Å². The smallest absolute Gasteiger partial charge is 0.220 e. The lowest BCUT2D eigenvalue weighted by Crippen LogP contribution is -2.65. The molecule has 14 nitrogen and oxygen atoms in total. The van der Waals surface area contributed by atoms with Crippen molar-refractivity contribution in [3.8, 4) is 0 Å². The van der Waals surface area contributed by atoms with Crippen molar-refractivity contribution in [2.45, 2.75) is 331 Å². The van der Waals surface area contributed by atoms with Crippen LogP contribution in [0.2, 0.25) is 0 Å². The third kappa shape index (κ3) is 34.4. The van der Waals surface area contributed by atoms with Gasteiger partial charge in [-0.25, -0.2) is 0 Å². The minimum Gasteiger partial charge on any atom is -0.394 e. The van der Waals surface area contributed by atoms with Gasteiger partial charge in [-0.1, -0.05) is 229 Å². The first-order valence-electron chi connectivity index (χ1n) is 31.9. The van der Waals surface area contributed by atoms with Gasteiger partial charge in [0.1, 0.15) is 48.8 Å². The predicted molar refractivity (Wildman–Crippen MR) is 314 cm³/mol. The summed E-state index contributed by atoms with van der Waals surface area (Å²) in [6, 6.07) is -0.943. The molecule has 12 atom stereocenters. The Morgan fingerprint density at radius 3 is 1.26 bits per heavy atom. The van der Waals surface area contributed by atoms with Gasteiger partial charge < -0.3 is 65.1 Å². The average molecular weight is 1110 g/mol. The number of unbranched alkanes of at least 4 members (excludes halogenated alkanes) is 32. The molecule has 78 heavy (non-hydrogen) atoms. The molecule has 2 aliphatic rings. The molecule has 0 saturated carbocycles. The van der Waals surface area contributed by atoms with E-state index in [9.17, 15) is 45.6 Å². The Morgan fingerprint density at radius 2 is 0.821 bits per heavy atom. The highest BCUT2D eigenvalue weighted by Crippen LogP contribution is 2.30. The fraction of sp³-hybridized carbons (Fsp3) is 0.859. The fourth-order valence-electron chi connectivity index (χ4n) is 10.3. The number of rotatable bonds is 51. The molecule has 456 valence electrons.